The molecule has 0 aliphatic heterocycles. The maximum Gasteiger partial charge on any atom is 0.295 e. The van der Waals surface area contributed by atoms with Gasteiger partial charge in [-0.1, -0.05) is 26.3 Å². The van der Waals surface area contributed by atoms with Gasteiger partial charge in [0.05, 0.1) is 5.69 Å². The average molecular weight is 219 g/mol. The third-order valence-corrected chi connectivity index (χ3v) is 2.75. The summed E-state index contributed by atoms with van der Waals surface area (Å²) >= 11 is 0. The van der Waals surface area contributed by atoms with Crippen LogP contribution in [0.15, 0.2) is 22.6 Å². The molecule has 1 aromatic heterocycles. The highest BCUT2D eigenvalue weighted by Crippen LogP contribution is 2.23. The molecule has 2 aromatic rings. The smallest absolute Gasteiger partial charge is 0.295 e. The summed E-state index contributed by atoms with van der Waals surface area (Å²) in [4.78, 5) is 4.32. The number of anilines is 2. The molecule has 1 unspecified atom stereocenters. The lowest BCUT2D eigenvalue weighted by atomic mass is 10.1. The van der Waals surface area contributed by atoms with E-state index in [4.69, 9.17) is 10.2 Å². The molecule has 0 saturated carbocycles. The molecule has 0 bridgehead atoms. The Morgan fingerprint density at radius 1 is 1.50 bits per heavy atom. The number of nitrogens with one attached hydrogen (secondary N) is 1. The molecule has 3 N–H and O–H groups in total. The minimum absolute atomic E-state index is 0.549. The van der Waals surface area contributed by atoms with Crippen LogP contribution in [0.2, 0.25) is 0 Å². The van der Waals surface area contributed by atoms with Crippen LogP contribution in [0.1, 0.15) is 20.3 Å². The topological polar surface area (TPSA) is 64.1 Å². The molecule has 0 amide bonds. The van der Waals surface area contributed by atoms with Crippen molar-refractivity contribution in [1.82, 2.24) is 4.98 Å². The molecule has 86 valence electrons. The lowest BCUT2D eigenvalue weighted by Crippen LogP contribution is -2.10. The first-order chi connectivity index (χ1) is 7.70. The van der Waals surface area contributed by atoms with Crippen LogP contribution in [0, 0.1) is 5.92 Å². The standard InChI is InChI=1S/C12H17N3O/c1-3-8(2)7-14-12-15-11-9(13)5-4-6-10(11)16-12/h4-6,8H,3,7,13H2,1-2H3,(H,14,15). The van der Waals surface area contributed by atoms with Gasteiger partial charge in [0, 0.05) is 6.54 Å². The Bertz CT molecular complexity index is 478. The number of oxazole rings is 1. The van der Waals surface area contributed by atoms with Gasteiger partial charge in [-0.2, -0.15) is 4.98 Å². The van der Waals surface area contributed by atoms with Crippen LogP contribution in [-0.4, -0.2) is 11.5 Å². The highest BCUT2D eigenvalue weighted by atomic mass is 16.4. The maximum atomic E-state index is 5.80. The molecule has 4 nitrogen and oxygen atoms in total. The van der Waals surface area contributed by atoms with Crippen molar-refractivity contribution in [2.45, 2.75) is 20.3 Å². The number of benzene rings is 1. The molecule has 1 heterocycles. The van der Waals surface area contributed by atoms with Crippen molar-refractivity contribution in [2.24, 2.45) is 5.92 Å². The minimum atomic E-state index is 0.549. The molecule has 0 spiro atoms. The van der Waals surface area contributed by atoms with Crippen molar-refractivity contribution in [3.63, 3.8) is 0 Å². The van der Waals surface area contributed by atoms with Gasteiger partial charge in [-0.25, -0.2) is 0 Å². The van der Waals surface area contributed by atoms with E-state index in [1.807, 2.05) is 18.2 Å². The molecule has 0 radical (unpaired) electrons. The van der Waals surface area contributed by atoms with Crippen LogP contribution in [0.5, 0.6) is 0 Å². The van der Waals surface area contributed by atoms with E-state index >= 15 is 0 Å². The second-order valence-electron chi connectivity index (χ2n) is 4.11. The van der Waals surface area contributed by atoms with E-state index in [9.17, 15) is 0 Å². The number of nitrogens with zero attached hydrogens (tertiary/aromatic N) is 1. The zero-order valence-corrected chi connectivity index (χ0v) is 9.66. The van der Waals surface area contributed by atoms with Gasteiger partial charge in [0.25, 0.3) is 6.01 Å². The normalized spacial score (nSPS) is 12.9. The lowest BCUT2D eigenvalue weighted by molar-refractivity contribution is 0.563. The van der Waals surface area contributed by atoms with E-state index in [0.717, 1.165) is 24.1 Å². The first kappa shape index (κ1) is 10.8. The van der Waals surface area contributed by atoms with E-state index in [-0.39, 0.29) is 0 Å². The minimum Gasteiger partial charge on any atom is -0.423 e. The predicted octanol–water partition coefficient (Wildman–Crippen LogP) is 2.87. The first-order valence-corrected chi connectivity index (χ1v) is 5.59. The maximum absolute atomic E-state index is 5.80. The third kappa shape index (κ3) is 2.10. The molecule has 16 heavy (non-hydrogen) atoms. The fraction of sp³-hybridized carbons (Fsp3) is 0.417. The van der Waals surface area contributed by atoms with Gasteiger partial charge in [0.15, 0.2) is 5.58 Å². The van der Waals surface area contributed by atoms with Crippen LogP contribution in [0.4, 0.5) is 11.7 Å². The summed E-state index contributed by atoms with van der Waals surface area (Å²) in [5, 5.41) is 3.18. The Labute approximate surface area is 94.8 Å². The SMILES string of the molecule is CCC(C)CNc1nc2c(N)cccc2o1. The van der Waals surface area contributed by atoms with E-state index in [2.05, 4.69) is 24.1 Å². The van der Waals surface area contributed by atoms with Gasteiger partial charge in [0.2, 0.25) is 0 Å². The highest BCUT2D eigenvalue weighted by molar-refractivity contribution is 5.86. The van der Waals surface area contributed by atoms with Crippen LogP contribution < -0.4 is 11.1 Å². The Kier molecular flexibility index (Phi) is 2.99. The summed E-state index contributed by atoms with van der Waals surface area (Å²) in [5.74, 6) is 0.604. The summed E-state index contributed by atoms with van der Waals surface area (Å²) in [6.07, 6.45) is 1.13. The van der Waals surface area contributed by atoms with Crippen LogP contribution in [0.25, 0.3) is 11.1 Å². The van der Waals surface area contributed by atoms with E-state index in [0.29, 0.717) is 17.6 Å². The van der Waals surface area contributed by atoms with Crippen LogP contribution in [-0.2, 0) is 0 Å². The van der Waals surface area contributed by atoms with Crippen molar-refractivity contribution >= 4 is 22.8 Å². The number of nitrogens with two attached hydrogens (primary N) is 1. The number of fused-ring (bicyclic) bond motifs is 1. The molecular formula is C12H17N3O. The number of hydrogen-bond donors (Lipinski definition) is 2. The summed E-state index contributed by atoms with van der Waals surface area (Å²) in [5.41, 5.74) is 7.91. The fourth-order valence-electron chi connectivity index (χ4n) is 1.45. The van der Waals surface area contributed by atoms with Crippen molar-refractivity contribution < 1.29 is 4.42 Å². The quantitative estimate of drug-likeness (QED) is 0.776. The van der Waals surface area contributed by atoms with E-state index in [1.165, 1.54) is 0 Å². The summed E-state index contributed by atoms with van der Waals surface area (Å²) in [6, 6.07) is 6.10. The zero-order valence-electron chi connectivity index (χ0n) is 9.66. The molecule has 0 fully saturated rings. The van der Waals surface area contributed by atoms with Gasteiger partial charge in [-0.3, -0.25) is 0 Å². The molecule has 1 aromatic carbocycles. The van der Waals surface area contributed by atoms with Crippen molar-refractivity contribution in [3.8, 4) is 0 Å². The Morgan fingerprint density at radius 3 is 3.00 bits per heavy atom. The third-order valence-electron chi connectivity index (χ3n) is 2.75. The number of nitrogen functional groups attached to an aromatic ring is 1. The fourth-order valence-corrected chi connectivity index (χ4v) is 1.45. The number of para-hydroxylation sites is 1. The number of rotatable bonds is 4. The molecule has 0 saturated heterocycles. The number of hydrogen-bond acceptors (Lipinski definition) is 4. The summed E-state index contributed by atoms with van der Waals surface area (Å²) in [6.45, 7) is 5.21. The van der Waals surface area contributed by atoms with Gasteiger partial charge < -0.3 is 15.5 Å². The van der Waals surface area contributed by atoms with Gasteiger partial charge >= 0.3 is 0 Å². The summed E-state index contributed by atoms with van der Waals surface area (Å²) in [7, 11) is 0. The molecular weight excluding hydrogens is 202 g/mol. The second kappa shape index (κ2) is 4.43. The molecule has 2 rings (SSSR count). The predicted molar refractivity (Wildman–Crippen MR) is 66.4 cm³/mol. The monoisotopic (exact) mass is 219 g/mol. The second-order valence-corrected chi connectivity index (χ2v) is 4.11. The number of aromatic nitrogens is 1. The van der Waals surface area contributed by atoms with Gasteiger partial charge in [-0.15, -0.1) is 0 Å². The zero-order chi connectivity index (χ0) is 11.5. The van der Waals surface area contributed by atoms with Gasteiger partial charge in [-0.05, 0) is 18.1 Å². The van der Waals surface area contributed by atoms with Crippen LogP contribution in [0.3, 0.4) is 0 Å². The largest absolute Gasteiger partial charge is 0.423 e. The molecule has 0 aliphatic rings. The molecule has 1 atom stereocenters. The summed E-state index contributed by atoms with van der Waals surface area (Å²) < 4.78 is 5.54. The van der Waals surface area contributed by atoms with Crippen molar-refractivity contribution in [2.75, 3.05) is 17.6 Å². The Hall–Kier alpha value is -1.71. The lowest BCUT2D eigenvalue weighted by Gasteiger charge is -2.07. The van der Waals surface area contributed by atoms with E-state index in [1.54, 1.807) is 0 Å². The highest BCUT2D eigenvalue weighted by Gasteiger charge is 2.08. The molecule has 4 heteroatoms. The van der Waals surface area contributed by atoms with E-state index < -0.39 is 0 Å². The van der Waals surface area contributed by atoms with Crippen molar-refractivity contribution in [3.05, 3.63) is 18.2 Å². The Morgan fingerprint density at radius 2 is 2.31 bits per heavy atom. The van der Waals surface area contributed by atoms with Gasteiger partial charge in [0.1, 0.15) is 5.52 Å². The molecule has 0 aliphatic carbocycles. The Balaban J connectivity index is 2.17. The average Bonchev–Trinajstić information content (AvgIpc) is 2.70. The van der Waals surface area contributed by atoms with Crippen LogP contribution >= 0.6 is 0 Å². The van der Waals surface area contributed by atoms with Crippen molar-refractivity contribution in [1.29, 1.82) is 0 Å². The first-order valence-electron chi connectivity index (χ1n) is 5.59.